The molecule has 3 aromatic rings. The average Bonchev–Trinajstić information content (AvgIpc) is 3.22. The van der Waals surface area contributed by atoms with Crippen molar-refractivity contribution in [2.75, 3.05) is 11.4 Å². The SMILES string of the molecule is CC1CC(c2ccc(F)c(N(Cc3cc(C(N)=O)c(=O)n(CC(F)(F)F)c3)CC(C)(C)C)c2)(c2nncn2C)C1. The van der Waals surface area contributed by atoms with Crippen LogP contribution in [-0.2, 0) is 25.6 Å². The normalized spacial score (nSPS) is 19.4. The topological polar surface area (TPSA) is 99.0 Å². The van der Waals surface area contributed by atoms with Crippen molar-refractivity contribution in [2.24, 2.45) is 24.1 Å². The Morgan fingerprint density at radius 2 is 1.88 bits per heavy atom. The van der Waals surface area contributed by atoms with E-state index in [4.69, 9.17) is 5.73 Å². The maximum Gasteiger partial charge on any atom is 0.406 e. The van der Waals surface area contributed by atoms with E-state index in [1.165, 1.54) is 12.1 Å². The van der Waals surface area contributed by atoms with Gasteiger partial charge in [0.1, 0.15) is 30.1 Å². The van der Waals surface area contributed by atoms with Gasteiger partial charge in [-0.2, -0.15) is 13.2 Å². The van der Waals surface area contributed by atoms with Gasteiger partial charge in [0.2, 0.25) is 0 Å². The molecule has 1 aliphatic carbocycles. The number of halogens is 4. The fraction of sp³-hybridized carbons (Fsp3) is 0.500. The molecule has 1 aromatic carbocycles. The quantitative estimate of drug-likeness (QED) is 0.407. The molecule has 0 bridgehead atoms. The molecule has 0 aliphatic heterocycles. The third-order valence-corrected chi connectivity index (χ3v) is 7.17. The van der Waals surface area contributed by atoms with E-state index in [9.17, 15) is 22.8 Å². The van der Waals surface area contributed by atoms with Gasteiger partial charge in [0.15, 0.2) is 0 Å². The molecule has 40 heavy (non-hydrogen) atoms. The highest BCUT2D eigenvalue weighted by Gasteiger charge is 2.48. The molecule has 8 nitrogen and oxygen atoms in total. The minimum absolute atomic E-state index is 0.0660. The van der Waals surface area contributed by atoms with E-state index < -0.39 is 41.0 Å². The first-order valence-electron chi connectivity index (χ1n) is 13.0. The van der Waals surface area contributed by atoms with E-state index >= 15 is 4.39 Å². The number of nitrogens with zero attached hydrogens (tertiary/aromatic N) is 5. The molecule has 2 N–H and O–H groups in total. The predicted octanol–water partition coefficient (Wildman–Crippen LogP) is 4.55. The number of rotatable bonds is 8. The van der Waals surface area contributed by atoms with Crippen LogP contribution in [0.1, 0.15) is 67.8 Å². The molecule has 1 fully saturated rings. The monoisotopic (exact) mass is 562 g/mol. The zero-order valence-electron chi connectivity index (χ0n) is 23.2. The maximum absolute atomic E-state index is 15.5. The smallest absolute Gasteiger partial charge is 0.365 e. The minimum atomic E-state index is -4.70. The van der Waals surface area contributed by atoms with Crippen LogP contribution in [0.3, 0.4) is 0 Å². The van der Waals surface area contributed by atoms with Crippen molar-refractivity contribution < 1.29 is 22.4 Å². The van der Waals surface area contributed by atoms with Gasteiger partial charge in [-0.25, -0.2) is 4.39 Å². The Balaban J connectivity index is 1.82. The summed E-state index contributed by atoms with van der Waals surface area (Å²) in [5.41, 5.74) is 4.15. The first-order chi connectivity index (χ1) is 18.5. The van der Waals surface area contributed by atoms with Gasteiger partial charge in [0.25, 0.3) is 11.5 Å². The molecular formula is C28H34F4N6O2. The second-order valence-corrected chi connectivity index (χ2v) is 12.1. The number of primary amides is 1. The van der Waals surface area contributed by atoms with Gasteiger partial charge in [-0.15, -0.1) is 10.2 Å². The summed E-state index contributed by atoms with van der Waals surface area (Å²) in [6, 6.07) is 6.08. The number of benzene rings is 1. The number of amides is 1. The summed E-state index contributed by atoms with van der Waals surface area (Å²) in [6.07, 6.45) is -0.420. The van der Waals surface area contributed by atoms with Gasteiger partial charge in [0.05, 0.1) is 11.1 Å². The number of aryl methyl sites for hydroxylation is 1. The number of carbonyl (C=O) groups excluding carboxylic acids is 1. The van der Waals surface area contributed by atoms with Crippen molar-refractivity contribution in [1.29, 1.82) is 0 Å². The van der Waals surface area contributed by atoms with Crippen LogP contribution in [0.5, 0.6) is 0 Å². The molecule has 0 radical (unpaired) electrons. The molecule has 216 valence electrons. The number of nitrogens with two attached hydrogens (primary N) is 1. The standard InChI is InChI=1S/C28H34F4N6O2/c1-17-10-27(11-17,25-35-34-16-36(25)5)19-6-7-21(29)22(9-19)37(14-26(2,3)4)12-18-8-20(23(33)39)24(40)38(13-18)15-28(30,31)32/h6-9,13,16-17H,10-12,14-15H2,1-5H3,(H2,33,39). The molecule has 2 aromatic heterocycles. The van der Waals surface area contributed by atoms with Crippen LogP contribution >= 0.6 is 0 Å². The molecule has 0 spiro atoms. The predicted molar refractivity (Wildman–Crippen MR) is 142 cm³/mol. The van der Waals surface area contributed by atoms with Crippen LogP contribution in [0.15, 0.2) is 41.6 Å². The molecule has 12 heteroatoms. The van der Waals surface area contributed by atoms with Crippen molar-refractivity contribution in [3.8, 4) is 0 Å². The summed E-state index contributed by atoms with van der Waals surface area (Å²) in [4.78, 5) is 26.2. The first-order valence-corrected chi connectivity index (χ1v) is 13.0. The summed E-state index contributed by atoms with van der Waals surface area (Å²) in [7, 11) is 1.86. The lowest BCUT2D eigenvalue weighted by molar-refractivity contribution is -0.141. The lowest BCUT2D eigenvalue weighted by Gasteiger charge is -2.46. The van der Waals surface area contributed by atoms with Crippen molar-refractivity contribution in [3.05, 3.63) is 75.5 Å². The van der Waals surface area contributed by atoms with Crippen LogP contribution in [0.2, 0.25) is 0 Å². The van der Waals surface area contributed by atoms with Crippen molar-refractivity contribution in [3.63, 3.8) is 0 Å². The Morgan fingerprint density at radius 1 is 1.20 bits per heavy atom. The van der Waals surface area contributed by atoms with Crippen LogP contribution in [0, 0.1) is 17.2 Å². The zero-order chi connectivity index (χ0) is 29.6. The number of aromatic nitrogens is 4. The highest BCUT2D eigenvalue weighted by atomic mass is 19.4. The molecular weight excluding hydrogens is 528 g/mol. The largest absolute Gasteiger partial charge is 0.406 e. The van der Waals surface area contributed by atoms with Crippen LogP contribution in [0.4, 0.5) is 23.2 Å². The van der Waals surface area contributed by atoms with Gasteiger partial charge in [-0.1, -0.05) is 33.8 Å². The van der Waals surface area contributed by atoms with Gasteiger partial charge >= 0.3 is 6.18 Å². The summed E-state index contributed by atoms with van der Waals surface area (Å²) < 4.78 is 57.4. The van der Waals surface area contributed by atoms with E-state index in [1.54, 1.807) is 23.4 Å². The number of hydrogen-bond acceptors (Lipinski definition) is 5. The fourth-order valence-corrected chi connectivity index (χ4v) is 5.74. The van der Waals surface area contributed by atoms with E-state index in [0.29, 0.717) is 17.0 Å². The third-order valence-electron chi connectivity index (χ3n) is 7.17. The van der Waals surface area contributed by atoms with Crippen LogP contribution < -0.4 is 16.2 Å². The van der Waals surface area contributed by atoms with E-state index in [1.807, 2.05) is 32.4 Å². The number of anilines is 1. The lowest BCUT2D eigenvalue weighted by Crippen LogP contribution is -2.43. The van der Waals surface area contributed by atoms with Crippen molar-refractivity contribution >= 4 is 11.6 Å². The zero-order valence-corrected chi connectivity index (χ0v) is 23.2. The van der Waals surface area contributed by atoms with Gasteiger partial charge in [0, 0.05) is 26.3 Å². The fourth-order valence-electron chi connectivity index (χ4n) is 5.74. The van der Waals surface area contributed by atoms with E-state index in [2.05, 4.69) is 17.1 Å². The second kappa shape index (κ2) is 10.4. The summed E-state index contributed by atoms with van der Waals surface area (Å²) >= 11 is 0. The lowest BCUT2D eigenvalue weighted by atomic mass is 9.58. The Morgan fingerprint density at radius 3 is 2.40 bits per heavy atom. The first kappa shape index (κ1) is 29.3. The Bertz CT molecular complexity index is 1460. The summed E-state index contributed by atoms with van der Waals surface area (Å²) in [5, 5.41) is 8.40. The van der Waals surface area contributed by atoms with Gasteiger partial charge in [-0.3, -0.25) is 9.59 Å². The molecule has 1 saturated carbocycles. The summed E-state index contributed by atoms with van der Waals surface area (Å²) in [5.74, 6) is -0.441. The van der Waals surface area contributed by atoms with Crippen LogP contribution in [-0.4, -0.2) is 38.0 Å². The Kier molecular flexibility index (Phi) is 7.59. The Hall–Kier alpha value is -3.70. The molecule has 2 heterocycles. The average molecular weight is 563 g/mol. The molecule has 0 saturated heterocycles. The molecule has 4 rings (SSSR count). The maximum atomic E-state index is 15.5. The van der Waals surface area contributed by atoms with Gasteiger partial charge < -0.3 is 19.8 Å². The number of hydrogen-bond donors (Lipinski definition) is 1. The second-order valence-electron chi connectivity index (χ2n) is 12.1. The third kappa shape index (κ3) is 6.05. The number of alkyl halides is 3. The van der Waals surface area contributed by atoms with Crippen molar-refractivity contribution in [2.45, 2.75) is 65.2 Å². The molecule has 0 unspecified atom stereocenters. The number of pyridine rings is 1. The highest BCUT2D eigenvalue weighted by Crippen LogP contribution is 2.52. The van der Waals surface area contributed by atoms with Gasteiger partial charge in [-0.05, 0) is 53.5 Å². The van der Waals surface area contributed by atoms with Crippen LogP contribution in [0.25, 0.3) is 0 Å². The molecule has 1 aliphatic rings. The van der Waals surface area contributed by atoms with E-state index in [-0.39, 0.29) is 23.2 Å². The molecule has 0 atom stereocenters. The number of carbonyl (C=O) groups is 1. The van der Waals surface area contributed by atoms with E-state index in [0.717, 1.165) is 30.4 Å². The minimum Gasteiger partial charge on any atom is -0.365 e. The van der Waals surface area contributed by atoms with Crippen molar-refractivity contribution in [1.82, 2.24) is 19.3 Å². The molecule has 1 amide bonds. The highest BCUT2D eigenvalue weighted by molar-refractivity contribution is 5.92. The Labute approximate surface area is 229 Å². The summed E-state index contributed by atoms with van der Waals surface area (Å²) in [6.45, 7) is 6.68.